The number of amides is 2. The second kappa shape index (κ2) is 9.07. The lowest BCUT2D eigenvalue weighted by molar-refractivity contribution is -0.118. The molecule has 1 saturated heterocycles. The number of carbonyl (C=O) groups excluding carboxylic acids is 3. The van der Waals surface area contributed by atoms with Gasteiger partial charge in [0.25, 0.3) is 5.91 Å². The van der Waals surface area contributed by atoms with Crippen molar-refractivity contribution < 1.29 is 22.8 Å². The van der Waals surface area contributed by atoms with E-state index in [0.717, 1.165) is 11.3 Å². The van der Waals surface area contributed by atoms with Crippen molar-refractivity contribution in [3.63, 3.8) is 0 Å². The molecule has 8 nitrogen and oxygen atoms in total. The molecule has 2 aromatic carbocycles. The average Bonchev–Trinajstić information content (AvgIpc) is 3.26. The number of ketones is 1. The van der Waals surface area contributed by atoms with Gasteiger partial charge in [0.05, 0.1) is 4.90 Å². The summed E-state index contributed by atoms with van der Waals surface area (Å²) in [7, 11) is -3.75. The molecule has 4 rings (SSSR count). The molecule has 2 heterocycles. The van der Waals surface area contributed by atoms with Gasteiger partial charge >= 0.3 is 0 Å². The van der Waals surface area contributed by atoms with Crippen molar-refractivity contribution in [1.29, 1.82) is 0 Å². The molecule has 2 aliphatic rings. The monoisotopic (exact) mass is 469 g/mol. The van der Waals surface area contributed by atoms with E-state index < -0.39 is 10.0 Å². The first kappa shape index (κ1) is 23.1. The lowest BCUT2D eigenvalue weighted by Crippen LogP contribution is -2.50. The Morgan fingerprint density at radius 2 is 1.64 bits per heavy atom. The van der Waals surface area contributed by atoms with Gasteiger partial charge in [-0.05, 0) is 49.2 Å². The van der Waals surface area contributed by atoms with Crippen LogP contribution in [0.2, 0.25) is 0 Å². The molecule has 0 atom stereocenters. The molecule has 33 heavy (non-hydrogen) atoms. The van der Waals surface area contributed by atoms with Gasteiger partial charge in [-0.15, -0.1) is 0 Å². The third kappa shape index (κ3) is 4.43. The second-order valence-corrected chi connectivity index (χ2v) is 10.2. The SMILES string of the molecule is CCC(=O)N1CCc2cc(C(=O)N3CCN(S(=O)(=O)c4cccc(C(C)=O)c4)CC3)ccc21. The van der Waals surface area contributed by atoms with Crippen molar-refractivity contribution in [3.05, 3.63) is 59.2 Å². The summed E-state index contributed by atoms with van der Waals surface area (Å²) in [6.07, 6.45) is 1.15. The van der Waals surface area contributed by atoms with Crippen LogP contribution in [0, 0.1) is 0 Å². The van der Waals surface area contributed by atoms with Crippen LogP contribution in [0.5, 0.6) is 0 Å². The lowest BCUT2D eigenvalue weighted by Gasteiger charge is -2.34. The Balaban J connectivity index is 1.44. The Hall–Kier alpha value is -3.04. The van der Waals surface area contributed by atoms with Crippen LogP contribution >= 0.6 is 0 Å². The highest BCUT2D eigenvalue weighted by Crippen LogP contribution is 2.30. The number of hydrogen-bond acceptors (Lipinski definition) is 5. The maximum absolute atomic E-state index is 13.1. The third-order valence-electron chi connectivity index (χ3n) is 6.23. The fraction of sp³-hybridized carbons (Fsp3) is 0.375. The number of sulfonamides is 1. The summed E-state index contributed by atoms with van der Waals surface area (Å²) in [6, 6.07) is 11.4. The number of fused-ring (bicyclic) bond motifs is 1. The van der Waals surface area contributed by atoms with E-state index in [1.165, 1.54) is 23.4 Å². The average molecular weight is 470 g/mol. The standard InChI is InChI=1S/C24H27N3O5S/c1-3-23(29)27-10-9-19-15-20(7-8-22(19)27)24(30)25-11-13-26(14-12-25)33(31,32)21-6-4-5-18(16-21)17(2)28/h4-8,15-16H,3,9-14H2,1-2H3. The van der Waals surface area contributed by atoms with Gasteiger partial charge in [0.2, 0.25) is 15.9 Å². The second-order valence-electron chi connectivity index (χ2n) is 8.27. The molecule has 0 bridgehead atoms. The zero-order chi connectivity index (χ0) is 23.8. The van der Waals surface area contributed by atoms with Crippen molar-refractivity contribution in [2.45, 2.75) is 31.6 Å². The summed E-state index contributed by atoms with van der Waals surface area (Å²) in [5.74, 6) is -0.272. The largest absolute Gasteiger partial charge is 0.336 e. The van der Waals surface area contributed by atoms with Gasteiger partial charge in [-0.25, -0.2) is 8.42 Å². The van der Waals surface area contributed by atoms with Crippen LogP contribution in [0.1, 0.15) is 46.5 Å². The minimum Gasteiger partial charge on any atom is -0.336 e. The molecule has 0 spiro atoms. The van der Waals surface area contributed by atoms with Gasteiger partial charge in [0.15, 0.2) is 5.78 Å². The molecular formula is C24H27N3O5S. The van der Waals surface area contributed by atoms with Crippen molar-refractivity contribution in [3.8, 4) is 0 Å². The fourth-order valence-electron chi connectivity index (χ4n) is 4.32. The summed E-state index contributed by atoms with van der Waals surface area (Å²) >= 11 is 0. The highest BCUT2D eigenvalue weighted by Gasteiger charge is 2.31. The first-order chi connectivity index (χ1) is 15.7. The topological polar surface area (TPSA) is 95.1 Å². The summed E-state index contributed by atoms with van der Waals surface area (Å²) in [5, 5.41) is 0. The molecule has 0 saturated carbocycles. The van der Waals surface area contributed by atoms with Crippen molar-refractivity contribution in [2.24, 2.45) is 0 Å². The molecule has 2 amide bonds. The Bertz CT molecular complexity index is 1220. The Kier molecular flexibility index (Phi) is 6.36. The van der Waals surface area contributed by atoms with Gasteiger partial charge in [-0.3, -0.25) is 14.4 Å². The molecule has 174 valence electrons. The normalized spacial score (nSPS) is 16.5. The van der Waals surface area contributed by atoms with Gasteiger partial charge in [-0.2, -0.15) is 4.31 Å². The highest BCUT2D eigenvalue weighted by atomic mass is 32.2. The number of hydrogen-bond donors (Lipinski definition) is 0. The van der Waals surface area contributed by atoms with Crippen LogP contribution in [-0.4, -0.2) is 67.9 Å². The fourth-order valence-corrected chi connectivity index (χ4v) is 5.79. The minimum atomic E-state index is -3.75. The predicted molar refractivity (Wildman–Crippen MR) is 124 cm³/mol. The number of rotatable bonds is 5. The highest BCUT2D eigenvalue weighted by molar-refractivity contribution is 7.89. The number of piperazine rings is 1. The number of Topliss-reactive ketones (excluding diaryl/α,β-unsaturated/α-hetero) is 1. The number of carbonyl (C=O) groups is 3. The van der Waals surface area contributed by atoms with Gasteiger partial charge in [0, 0.05) is 56.0 Å². The molecule has 2 aliphatic heterocycles. The quantitative estimate of drug-likeness (QED) is 0.627. The van der Waals surface area contributed by atoms with E-state index in [9.17, 15) is 22.8 Å². The van der Waals surface area contributed by atoms with Crippen molar-refractivity contribution >= 4 is 33.3 Å². The molecule has 0 unspecified atom stereocenters. The number of benzene rings is 2. The molecule has 2 aromatic rings. The minimum absolute atomic E-state index is 0.0685. The summed E-state index contributed by atoms with van der Waals surface area (Å²) in [4.78, 5) is 40.3. The Morgan fingerprint density at radius 1 is 0.909 bits per heavy atom. The van der Waals surface area contributed by atoms with Crippen LogP contribution in [0.3, 0.4) is 0 Å². The maximum Gasteiger partial charge on any atom is 0.253 e. The summed E-state index contributed by atoms with van der Waals surface area (Å²) in [5.41, 5.74) is 2.74. The zero-order valence-corrected chi connectivity index (χ0v) is 19.6. The first-order valence-corrected chi connectivity index (χ1v) is 12.5. The lowest BCUT2D eigenvalue weighted by atomic mass is 10.1. The molecular weight excluding hydrogens is 442 g/mol. The third-order valence-corrected chi connectivity index (χ3v) is 8.12. The Labute approximate surface area is 193 Å². The molecule has 0 aromatic heterocycles. The van der Waals surface area contributed by atoms with Gasteiger partial charge in [-0.1, -0.05) is 19.1 Å². The van der Waals surface area contributed by atoms with E-state index in [1.54, 1.807) is 28.0 Å². The number of nitrogens with zero attached hydrogens (tertiary/aromatic N) is 3. The van der Waals surface area contributed by atoms with Crippen LogP contribution in [0.15, 0.2) is 47.4 Å². The molecule has 9 heteroatoms. The van der Waals surface area contributed by atoms with E-state index in [4.69, 9.17) is 0 Å². The van der Waals surface area contributed by atoms with Crippen LogP contribution < -0.4 is 4.90 Å². The molecule has 0 aliphatic carbocycles. The van der Waals surface area contributed by atoms with Crippen LogP contribution in [0.4, 0.5) is 5.69 Å². The first-order valence-electron chi connectivity index (χ1n) is 11.1. The van der Waals surface area contributed by atoms with Crippen LogP contribution in [-0.2, 0) is 21.2 Å². The smallest absolute Gasteiger partial charge is 0.253 e. The van der Waals surface area contributed by atoms with Gasteiger partial charge in [0.1, 0.15) is 0 Å². The van der Waals surface area contributed by atoms with Crippen LogP contribution in [0.25, 0.3) is 0 Å². The number of anilines is 1. The summed E-state index contributed by atoms with van der Waals surface area (Å²) in [6.45, 7) is 4.78. The molecule has 1 fully saturated rings. The maximum atomic E-state index is 13.1. The van der Waals surface area contributed by atoms with E-state index in [-0.39, 0.29) is 48.7 Å². The predicted octanol–water partition coefficient (Wildman–Crippen LogP) is 2.33. The van der Waals surface area contributed by atoms with E-state index in [0.29, 0.717) is 30.5 Å². The van der Waals surface area contributed by atoms with E-state index in [2.05, 4.69) is 0 Å². The summed E-state index contributed by atoms with van der Waals surface area (Å²) < 4.78 is 27.4. The van der Waals surface area contributed by atoms with Gasteiger partial charge < -0.3 is 9.80 Å². The van der Waals surface area contributed by atoms with Crippen molar-refractivity contribution in [2.75, 3.05) is 37.6 Å². The van der Waals surface area contributed by atoms with Crippen molar-refractivity contribution in [1.82, 2.24) is 9.21 Å². The molecule has 0 radical (unpaired) electrons. The van der Waals surface area contributed by atoms with E-state index in [1.807, 2.05) is 19.1 Å². The zero-order valence-electron chi connectivity index (χ0n) is 18.8. The van der Waals surface area contributed by atoms with E-state index >= 15 is 0 Å². The molecule has 0 N–H and O–H groups in total. The Morgan fingerprint density at radius 3 is 2.30 bits per heavy atom.